The first kappa shape index (κ1) is 17.5. The zero-order valence-corrected chi connectivity index (χ0v) is 14.0. The van der Waals surface area contributed by atoms with Crippen molar-refractivity contribution >= 4 is 17.6 Å². The van der Waals surface area contributed by atoms with Gasteiger partial charge in [0.2, 0.25) is 0 Å². The first-order valence-electron chi connectivity index (χ1n) is 7.37. The third-order valence-corrected chi connectivity index (χ3v) is 3.84. The van der Waals surface area contributed by atoms with Crippen LogP contribution in [-0.4, -0.2) is 21.7 Å². The van der Waals surface area contributed by atoms with Crippen molar-refractivity contribution in [2.75, 3.05) is 5.32 Å². The van der Waals surface area contributed by atoms with Crippen LogP contribution in [0.4, 0.5) is 14.9 Å². The van der Waals surface area contributed by atoms with Gasteiger partial charge in [0.05, 0.1) is 17.3 Å². The molecule has 8 heteroatoms. The topological polar surface area (TPSA) is 102 Å². The Bertz CT molecular complexity index is 800. The highest BCUT2D eigenvalue weighted by molar-refractivity contribution is 5.96. The van der Waals surface area contributed by atoms with Crippen molar-refractivity contribution < 1.29 is 14.0 Å². The number of benzene rings is 1. The summed E-state index contributed by atoms with van der Waals surface area (Å²) in [4.78, 5) is 23.3. The number of amides is 3. The van der Waals surface area contributed by atoms with E-state index in [1.165, 1.54) is 12.1 Å². The van der Waals surface area contributed by atoms with E-state index in [1.807, 2.05) is 27.8 Å². The SMILES string of the molecule is Cc1nn(C)c(C)c1C(C)NC(=O)Nc1ccc(F)c(C(N)=O)c1. The quantitative estimate of drug-likeness (QED) is 0.799. The van der Waals surface area contributed by atoms with Crippen LogP contribution < -0.4 is 16.4 Å². The second kappa shape index (κ2) is 6.69. The molecule has 1 aromatic heterocycles. The average molecular weight is 333 g/mol. The molecule has 1 aromatic carbocycles. The summed E-state index contributed by atoms with van der Waals surface area (Å²) in [7, 11) is 1.84. The highest BCUT2D eigenvalue weighted by Crippen LogP contribution is 2.21. The lowest BCUT2D eigenvalue weighted by Crippen LogP contribution is -2.31. The number of hydrogen-bond acceptors (Lipinski definition) is 3. The van der Waals surface area contributed by atoms with Crippen LogP contribution in [0.15, 0.2) is 18.2 Å². The molecule has 2 rings (SSSR count). The number of halogens is 1. The normalized spacial score (nSPS) is 11.9. The fourth-order valence-corrected chi connectivity index (χ4v) is 2.64. The maximum Gasteiger partial charge on any atom is 0.319 e. The molecule has 0 saturated heterocycles. The van der Waals surface area contributed by atoms with Gasteiger partial charge in [-0.05, 0) is 39.0 Å². The monoisotopic (exact) mass is 333 g/mol. The Kier molecular flexibility index (Phi) is 4.87. The molecule has 0 aliphatic carbocycles. The Morgan fingerprint density at radius 3 is 2.54 bits per heavy atom. The van der Waals surface area contributed by atoms with Gasteiger partial charge in [0.15, 0.2) is 0 Å². The third-order valence-electron chi connectivity index (χ3n) is 3.84. The van der Waals surface area contributed by atoms with Gasteiger partial charge in [-0.2, -0.15) is 5.10 Å². The lowest BCUT2D eigenvalue weighted by atomic mass is 10.1. The lowest BCUT2D eigenvalue weighted by Gasteiger charge is -2.16. The van der Waals surface area contributed by atoms with E-state index in [-0.39, 0.29) is 17.3 Å². The minimum absolute atomic E-state index is 0.269. The molecule has 1 heterocycles. The summed E-state index contributed by atoms with van der Waals surface area (Å²) in [6.45, 7) is 5.64. The Morgan fingerprint density at radius 2 is 2.00 bits per heavy atom. The number of nitrogens with one attached hydrogen (secondary N) is 2. The van der Waals surface area contributed by atoms with Crippen molar-refractivity contribution in [3.8, 4) is 0 Å². The Balaban J connectivity index is 2.11. The summed E-state index contributed by atoms with van der Waals surface area (Å²) < 4.78 is 15.2. The molecule has 24 heavy (non-hydrogen) atoms. The van der Waals surface area contributed by atoms with E-state index >= 15 is 0 Å². The summed E-state index contributed by atoms with van der Waals surface area (Å²) >= 11 is 0. The predicted molar refractivity (Wildman–Crippen MR) is 88.2 cm³/mol. The van der Waals surface area contributed by atoms with Gasteiger partial charge in [-0.15, -0.1) is 0 Å². The smallest absolute Gasteiger partial charge is 0.319 e. The van der Waals surface area contributed by atoms with Crippen LogP contribution in [0.5, 0.6) is 0 Å². The minimum Gasteiger partial charge on any atom is -0.366 e. The van der Waals surface area contributed by atoms with E-state index < -0.39 is 17.8 Å². The molecule has 1 unspecified atom stereocenters. The summed E-state index contributed by atoms with van der Waals surface area (Å²) in [5, 5.41) is 9.66. The molecular weight excluding hydrogens is 313 g/mol. The van der Waals surface area contributed by atoms with Crippen molar-refractivity contribution in [2.24, 2.45) is 12.8 Å². The highest BCUT2D eigenvalue weighted by Gasteiger charge is 2.18. The summed E-state index contributed by atoms with van der Waals surface area (Å²) in [5.41, 5.74) is 7.81. The van der Waals surface area contributed by atoms with E-state index in [0.717, 1.165) is 23.0 Å². The number of nitrogens with zero attached hydrogens (tertiary/aromatic N) is 2. The van der Waals surface area contributed by atoms with Gasteiger partial charge in [0.1, 0.15) is 5.82 Å². The number of carbonyl (C=O) groups excluding carboxylic acids is 2. The number of primary amides is 1. The fourth-order valence-electron chi connectivity index (χ4n) is 2.64. The molecule has 0 aliphatic heterocycles. The average Bonchev–Trinajstić information content (AvgIpc) is 2.73. The molecule has 0 aliphatic rings. The number of aromatic nitrogens is 2. The Labute approximate surface area is 139 Å². The van der Waals surface area contributed by atoms with E-state index in [2.05, 4.69) is 15.7 Å². The predicted octanol–water partition coefficient (Wildman–Crippen LogP) is 2.16. The van der Waals surface area contributed by atoms with Crippen LogP contribution in [-0.2, 0) is 7.05 Å². The number of anilines is 1. The molecule has 7 nitrogen and oxygen atoms in total. The molecule has 1 atom stereocenters. The van der Waals surface area contributed by atoms with Gasteiger partial charge in [0.25, 0.3) is 5.91 Å². The highest BCUT2D eigenvalue weighted by atomic mass is 19.1. The van der Waals surface area contributed by atoms with Gasteiger partial charge in [-0.3, -0.25) is 9.48 Å². The molecule has 0 spiro atoms. The van der Waals surface area contributed by atoms with Crippen molar-refractivity contribution in [1.29, 1.82) is 0 Å². The number of urea groups is 1. The van der Waals surface area contributed by atoms with Crippen LogP contribution in [0.2, 0.25) is 0 Å². The third kappa shape index (κ3) is 3.53. The second-order valence-electron chi connectivity index (χ2n) is 5.59. The molecule has 3 amide bonds. The molecule has 0 bridgehead atoms. The Hall–Kier alpha value is -2.90. The number of nitrogens with two attached hydrogens (primary N) is 1. The molecule has 2 aromatic rings. The summed E-state index contributed by atoms with van der Waals surface area (Å²) in [6, 6.07) is 2.88. The molecule has 0 radical (unpaired) electrons. The molecule has 128 valence electrons. The summed E-state index contributed by atoms with van der Waals surface area (Å²) in [5.74, 6) is -1.63. The van der Waals surface area contributed by atoms with Crippen LogP contribution in [0, 0.1) is 19.7 Å². The maximum absolute atomic E-state index is 13.4. The van der Waals surface area contributed by atoms with E-state index in [0.29, 0.717) is 0 Å². The van der Waals surface area contributed by atoms with E-state index in [1.54, 1.807) is 4.68 Å². The van der Waals surface area contributed by atoms with Crippen molar-refractivity contribution in [3.63, 3.8) is 0 Å². The number of aryl methyl sites for hydroxylation is 2. The van der Waals surface area contributed by atoms with Gasteiger partial charge in [-0.1, -0.05) is 0 Å². The van der Waals surface area contributed by atoms with Crippen LogP contribution in [0.1, 0.15) is 40.3 Å². The standard InChI is InChI=1S/C16H20FN5O2/c1-8(14-9(2)21-22(4)10(14)3)19-16(24)20-11-5-6-13(17)12(7-11)15(18)23/h5-8H,1-4H3,(H2,18,23)(H2,19,20,24). The molecule has 0 saturated carbocycles. The van der Waals surface area contributed by atoms with E-state index in [4.69, 9.17) is 5.73 Å². The molecule has 4 N–H and O–H groups in total. The zero-order valence-electron chi connectivity index (χ0n) is 14.0. The number of rotatable bonds is 4. The van der Waals surface area contributed by atoms with Gasteiger partial charge in [0, 0.05) is 24.0 Å². The largest absolute Gasteiger partial charge is 0.366 e. The summed E-state index contributed by atoms with van der Waals surface area (Å²) in [6.07, 6.45) is 0. The first-order chi connectivity index (χ1) is 11.2. The zero-order chi connectivity index (χ0) is 18.0. The minimum atomic E-state index is -0.897. The van der Waals surface area contributed by atoms with Gasteiger partial charge in [-0.25, -0.2) is 9.18 Å². The first-order valence-corrected chi connectivity index (χ1v) is 7.37. The Morgan fingerprint density at radius 1 is 1.33 bits per heavy atom. The fraction of sp³-hybridized carbons (Fsp3) is 0.312. The van der Waals surface area contributed by atoms with Crippen LogP contribution in [0.25, 0.3) is 0 Å². The van der Waals surface area contributed by atoms with E-state index in [9.17, 15) is 14.0 Å². The van der Waals surface area contributed by atoms with Gasteiger partial charge >= 0.3 is 6.03 Å². The maximum atomic E-state index is 13.4. The lowest BCUT2D eigenvalue weighted by molar-refractivity contribution is 0.0996. The second-order valence-corrected chi connectivity index (χ2v) is 5.59. The van der Waals surface area contributed by atoms with Crippen LogP contribution >= 0.6 is 0 Å². The van der Waals surface area contributed by atoms with Crippen molar-refractivity contribution in [2.45, 2.75) is 26.8 Å². The molecule has 0 fully saturated rings. The van der Waals surface area contributed by atoms with Gasteiger partial charge < -0.3 is 16.4 Å². The number of hydrogen-bond donors (Lipinski definition) is 3. The van der Waals surface area contributed by atoms with Crippen molar-refractivity contribution in [3.05, 3.63) is 46.5 Å². The van der Waals surface area contributed by atoms with Crippen molar-refractivity contribution in [1.82, 2.24) is 15.1 Å². The molecular formula is C16H20FN5O2. The number of carbonyl (C=O) groups is 2. The van der Waals surface area contributed by atoms with Crippen LogP contribution in [0.3, 0.4) is 0 Å².